The van der Waals surface area contributed by atoms with Gasteiger partial charge in [0.15, 0.2) is 5.96 Å². The molecule has 0 aliphatic carbocycles. The summed E-state index contributed by atoms with van der Waals surface area (Å²) in [7, 11) is 0. The van der Waals surface area contributed by atoms with Gasteiger partial charge in [0.25, 0.3) is 5.91 Å². The first-order valence-corrected chi connectivity index (χ1v) is 8.27. The van der Waals surface area contributed by atoms with Crippen molar-refractivity contribution in [3.05, 3.63) is 71.8 Å². The van der Waals surface area contributed by atoms with E-state index in [2.05, 4.69) is 9.98 Å². The highest BCUT2D eigenvalue weighted by molar-refractivity contribution is 6.03. The molecule has 0 atom stereocenters. The van der Waals surface area contributed by atoms with E-state index in [1.807, 2.05) is 0 Å². The van der Waals surface area contributed by atoms with Crippen LogP contribution >= 0.6 is 24.8 Å². The lowest BCUT2D eigenvalue weighted by Crippen LogP contribution is -2.24. The summed E-state index contributed by atoms with van der Waals surface area (Å²) >= 11 is 0. The average Bonchev–Trinajstić information content (AvgIpc) is 3.15. The number of nitrogens with two attached hydrogens (primary N) is 2. The van der Waals surface area contributed by atoms with E-state index >= 15 is 0 Å². The number of halogens is 5. The van der Waals surface area contributed by atoms with E-state index in [1.165, 1.54) is 19.1 Å². The maximum Gasteiger partial charge on any atom is 0.420 e. The molecule has 0 saturated carbocycles. The Morgan fingerprint density at radius 3 is 2.29 bits per heavy atom. The number of aromatic nitrogens is 2. The van der Waals surface area contributed by atoms with Crippen molar-refractivity contribution in [1.82, 2.24) is 9.55 Å². The molecule has 31 heavy (non-hydrogen) atoms. The molecule has 0 radical (unpaired) electrons. The molecule has 3 aromatic rings. The number of ether oxygens (including phenoxy) is 1. The first-order valence-electron chi connectivity index (χ1n) is 8.27. The Kier molecular flexibility index (Phi) is 8.47. The van der Waals surface area contributed by atoms with Crippen molar-refractivity contribution in [3.63, 3.8) is 0 Å². The molecule has 0 aliphatic rings. The molecular formula is C19H18Cl2F3N5O2. The van der Waals surface area contributed by atoms with Crippen LogP contribution in [0.4, 0.5) is 13.2 Å². The topological polar surface area (TPSA) is 109 Å². The second-order valence-electron chi connectivity index (χ2n) is 6.07. The number of hydrogen-bond acceptors (Lipinski definition) is 3. The molecule has 3 rings (SSSR count). The van der Waals surface area contributed by atoms with Crippen LogP contribution in [-0.2, 0) is 6.18 Å². The zero-order valence-corrected chi connectivity index (χ0v) is 17.6. The summed E-state index contributed by atoms with van der Waals surface area (Å²) in [6, 6.07) is 8.22. The lowest BCUT2D eigenvalue weighted by molar-refractivity contribution is -0.138. The summed E-state index contributed by atoms with van der Waals surface area (Å²) in [5.41, 5.74) is 9.89. The van der Waals surface area contributed by atoms with Crippen LogP contribution in [0.3, 0.4) is 0 Å². The van der Waals surface area contributed by atoms with Gasteiger partial charge in [-0.3, -0.25) is 4.79 Å². The Bertz CT molecular complexity index is 1070. The van der Waals surface area contributed by atoms with Crippen molar-refractivity contribution >= 4 is 36.7 Å². The summed E-state index contributed by atoms with van der Waals surface area (Å²) in [6.07, 6.45) is 0.168. The number of rotatable bonds is 4. The maximum atomic E-state index is 13.6. The molecule has 0 saturated heterocycles. The van der Waals surface area contributed by atoms with E-state index in [1.54, 1.807) is 35.4 Å². The fourth-order valence-electron chi connectivity index (χ4n) is 2.62. The third-order valence-corrected chi connectivity index (χ3v) is 3.96. The van der Waals surface area contributed by atoms with E-state index in [9.17, 15) is 18.0 Å². The molecule has 0 unspecified atom stereocenters. The monoisotopic (exact) mass is 475 g/mol. The van der Waals surface area contributed by atoms with Gasteiger partial charge in [-0.2, -0.15) is 18.2 Å². The number of imidazole rings is 1. The maximum absolute atomic E-state index is 13.6. The van der Waals surface area contributed by atoms with Crippen LogP contribution in [0.5, 0.6) is 11.5 Å². The minimum absolute atomic E-state index is 0. The van der Waals surface area contributed by atoms with Gasteiger partial charge < -0.3 is 20.8 Å². The number of aliphatic imine (C=N–C) groups is 1. The summed E-state index contributed by atoms with van der Waals surface area (Å²) in [5.74, 6) is -1.75. The van der Waals surface area contributed by atoms with Crippen molar-refractivity contribution < 1.29 is 22.7 Å². The number of aryl methyl sites for hydroxylation is 1. The van der Waals surface area contributed by atoms with Crippen LogP contribution in [0.2, 0.25) is 0 Å². The Labute approximate surface area is 187 Å². The van der Waals surface area contributed by atoms with Gasteiger partial charge in [0.05, 0.1) is 11.9 Å². The molecular weight excluding hydrogens is 458 g/mol. The van der Waals surface area contributed by atoms with Crippen LogP contribution in [-0.4, -0.2) is 21.4 Å². The third-order valence-electron chi connectivity index (χ3n) is 3.96. The number of alkyl halides is 3. The number of amides is 1. The predicted octanol–water partition coefficient (Wildman–Crippen LogP) is 4.25. The zero-order valence-electron chi connectivity index (χ0n) is 16.0. The number of nitrogens with zero attached hydrogens (tertiary/aromatic N) is 3. The van der Waals surface area contributed by atoms with Crippen LogP contribution in [0.1, 0.15) is 21.5 Å². The molecule has 7 nitrogen and oxygen atoms in total. The van der Waals surface area contributed by atoms with Crippen molar-refractivity contribution in [2.24, 2.45) is 16.5 Å². The van der Waals surface area contributed by atoms with Crippen LogP contribution in [0.25, 0.3) is 5.69 Å². The molecule has 2 aromatic carbocycles. The Hall–Kier alpha value is -3.24. The first-order chi connectivity index (χ1) is 13.6. The number of guanidine groups is 1. The average molecular weight is 476 g/mol. The fourth-order valence-corrected chi connectivity index (χ4v) is 2.62. The number of benzene rings is 2. The molecule has 0 bridgehead atoms. The van der Waals surface area contributed by atoms with Gasteiger partial charge in [0.2, 0.25) is 0 Å². The van der Waals surface area contributed by atoms with E-state index in [-0.39, 0.29) is 41.7 Å². The minimum atomic E-state index is -4.76. The highest BCUT2D eigenvalue weighted by Crippen LogP contribution is 2.40. The number of carbonyl (C=O) groups is 1. The second kappa shape index (κ2) is 10.2. The Balaban J connectivity index is 0.00000240. The standard InChI is InChI=1S/C19H16F3N5O2.2ClH/c1-11-8-16(15(19(20,21)22)9-14(11)17(28)26-18(23)24)29-13-4-2-12(3-5-13)27-7-6-25-10-27;;/h2-10H,1H3,(H4,23,24,26,28);2*1H. The van der Waals surface area contributed by atoms with E-state index in [0.717, 1.165) is 11.8 Å². The zero-order chi connectivity index (χ0) is 21.2. The molecule has 1 aromatic heterocycles. The molecule has 0 aliphatic heterocycles. The second-order valence-corrected chi connectivity index (χ2v) is 6.07. The largest absolute Gasteiger partial charge is 0.457 e. The molecule has 1 heterocycles. The molecule has 4 N–H and O–H groups in total. The third kappa shape index (κ3) is 6.12. The molecule has 1 amide bonds. The molecule has 0 fully saturated rings. The lowest BCUT2D eigenvalue weighted by atomic mass is 10.0. The number of hydrogen-bond donors (Lipinski definition) is 2. The van der Waals surface area contributed by atoms with Gasteiger partial charge in [-0.1, -0.05) is 0 Å². The van der Waals surface area contributed by atoms with Crippen LogP contribution < -0.4 is 16.2 Å². The summed E-state index contributed by atoms with van der Waals surface area (Å²) < 4.78 is 47.9. The van der Waals surface area contributed by atoms with Gasteiger partial charge in [-0.15, -0.1) is 24.8 Å². The Morgan fingerprint density at radius 2 is 1.77 bits per heavy atom. The van der Waals surface area contributed by atoms with E-state index in [4.69, 9.17) is 16.2 Å². The highest BCUT2D eigenvalue weighted by Gasteiger charge is 2.36. The quantitative estimate of drug-likeness (QED) is 0.433. The van der Waals surface area contributed by atoms with Gasteiger partial charge in [0.1, 0.15) is 11.5 Å². The fraction of sp³-hybridized carbons (Fsp3) is 0.105. The van der Waals surface area contributed by atoms with Crippen molar-refractivity contribution in [2.45, 2.75) is 13.1 Å². The van der Waals surface area contributed by atoms with Gasteiger partial charge in [-0.05, 0) is 48.9 Å². The van der Waals surface area contributed by atoms with Crippen molar-refractivity contribution in [2.75, 3.05) is 0 Å². The lowest BCUT2D eigenvalue weighted by Gasteiger charge is -2.16. The van der Waals surface area contributed by atoms with Gasteiger partial charge >= 0.3 is 6.18 Å². The van der Waals surface area contributed by atoms with E-state index < -0.39 is 29.4 Å². The smallest absolute Gasteiger partial charge is 0.420 e. The summed E-state index contributed by atoms with van der Waals surface area (Å²) in [4.78, 5) is 19.2. The van der Waals surface area contributed by atoms with Gasteiger partial charge in [-0.25, -0.2) is 4.98 Å². The summed E-state index contributed by atoms with van der Waals surface area (Å²) in [5, 5.41) is 0. The van der Waals surface area contributed by atoms with Crippen molar-refractivity contribution in [1.29, 1.82) is 0 Å². The van der Waals surface area contributed by atoms with E-state index in [0.29, 0.717) is 6.07 Å². The Morgan fingerprint density at radius 1 is 1.13 bits per heavy atom. The minimum Gasteiger partial charge on any atom is -0.457 e. The summed E-state index contributed by atoms with van der Waals surface area (Å²) in [6.45, 7) is 1.46. The first kappa shape index (κ1) is 25.8. The molecule has 166 valence electrons. The van der Waals surface area contributed by atoms with Crippen molar-refractivity contribution in [3.8, 4) is 17.2 Å². The predicted molar refractivity (Wildman–Crippen MR) is 114 cm³/mol. The normalized spacial score (nSPS) is 10.5. The number of carbonyl (C=O) groups excluding carboxylic acids is 1. The highest BCUT2D eigenvalue weighted by atomic mass is 35.5. The molecule has 0 spiro atoms. The van der Waals surface area contributed by atoms with Crippen LogP contribution in [0, 0.1) is 6.92 Å². The molecule has 12 heteroatoms. The van der Waals surface area contributed by atoms with Gasteiger partial charge in [0, 0.05) is 23.6 Å². The van der Waals surface area contributed by atoms with Crippen LogP contribution in [0.15, 0.2) is 60.1 Å². The SMILES string of the molecule is Cc1cc(Oc2ccc(-n3ccnc3)cc2)c(C(F)(F)F)cc1C(=O)N=C(N)N.Cl.Cl.